The van der Waals surface area contributed by atoms with Crippen LogP contribution in [0.15, 0.2) is 30.7 Å². The molecular formula is C18H23N5O. The third-order valence-corrected chi connectivity index (χ3v) is 4.74. The van der Waals surface area contributed by atoms with Gasteiger partial charge in [-0.15, -0.1) is 0 Å². The summed E-state index contributed by atoms with van der Waals surface area (Å²) < 4.78 is 1.94. The fourth-order valence-corrected chi connectivity index (χ4v) is 3.28. The van der Waals surface area contributed by atoms with Gasteiger partial charge >= 0.3 is 0 Å². The van der Waals surface area contributed by atoms with Gasteiger partial charge in [-0.3, -0.25) is 9.48 Å². The van der Waals surface area contributed by atoms with Crippen LogP contribution in [-0.4, -0.2) is 44.2 Å². The van der Waals surface area contributed by atoms with Crippen molar-refractivity contribution >= 4 is 11.7 Å². The first-order chi connectivity index (χ1) is 11.7. The summed E-state index contributed by atoms with van der Waals surface area (Å²) in [6.07, 6.45) is 10.1. The summed E-state index contributed by atoms with van der Waals surface area (Å²) in [4.78, 5) is 19.2. The largest absolute Gasteiger partial charge is 0.367 e. The lowest BCUT2D eigenvalue weighted by molar-refractivity contribution is 0.0721. The van der Waals surface area contributed by atoms with E-state index >= 15 is 0 Å². The van der Waals surface area contributed by atoms with Crippen LogP contribution in [0.25, 0.3) is 0 Å². The molecule has 0 spiro atoms. The van der Waals surface area contributed by atoms with E-state index in [-0.39, 0.29) is 11.9 Å². The number of aromatic nitrogens is 3. The second-order valence-corrected chi connectivity index (χ2v) is 6.89. The quantitative estimate of drug-likeness (QED) is 0.917. The molecule has 0 radical (unpaired) electrons. The lowest BCUT2D eigenvalue weighted by atomic mass is 10.2. The van der Waals surface area contributed by atoms with Gasteiger partial charge in [-0.2, -0.15) is 5.10 Å². The van der Waals surface area contributed by atoms with Crippen LogP contribution in [0.2, 0.25) is 0 Å². The van der Waals surface area contributed by atoms with Gasteiger partial charge in [-0.1, -0.05) is 0 Å². The lowest BCUT2D eigenvalue weighted by Crippen LogP contribution is -2.38. The van der Waals surface area contributed by atoms with E-state index in [0.717, 1.165) is 37.3 Å². The van der Waals surface area contributed by atoms with Crippen LogP contribution >= 0.6 is 0 Å². The Kier molecular flexibility index (Phi) is 3.96. The van der Waals surface area contributed by atoms with Crippen molar-refractivity contribution in [2.45, 2.75) is 51.2 Å². The summed E-state index contributed by atoms with van der Waals surface area (Å²) in [5, 5.41) is 7.70. The Morgan fingerprint density at radius 1 is 1.29 bits per heavy atom. The Morgan fingerprint density at radius 3 is 2.83 bits per heavy atom. The standard InChI is InChI=1S/C18H23N5O/c1-13-9-20-22(11-13)12-16-3-2-8-23(16)18(24)14-4-7-17(19-10-14)21-15-5-6-15/h4,7,9-11,15-16H,2-3,5-6,8,12H2,1H3,(H,19,21)/t16-/m0/s1. The van der Waals surface area contributed by atoms with Crippen molar-refractivity contribution in [1.82, 2.24) is 19.7 Å². The van der Waals surface area contributed by atoms with E-state index in [1.54, 1.807) is 6.20 Å². The topological polar surface area (TPSA) is 63.1 Å². The average Bonchev–Trinajstić information content (AvgIpc) is 3.12. The van der Waals surface area contributed by atoms with Gasteiger partial charge in [0.05, 0.1) is 24.3 Å². The molecule has 1 saturated heterocycles. The van der Waals surface area contributed by atoms with Crippen molar-refractivity contribution in [3.63, 3.8) is 0 Å². The van der Waals surface area contributed by atoms with Crippen molar-refractivity contribution in [3.8, 4) is 0 Å². The fraction of sp³-hybridized carbons (Fsp3) is 0.500. The number of anilines is 1. The van der Waals surface area contributed by atoms with Crippen LogP contribution in [0.3, 0.4) is 0 Å². The first-order valence-electron chi connectivity index (χ1n) is 8.71. The maximum Gasteiger partial charge on any atom is 0.255 e. The molecule has 24 heavy (non-hydrogen) atoms. The molecule has 2 fully saturated rings. The van der Waals surface area contributed by atoms with Gasteiger partial charge < -0.3 is 10.2 Å². The number of aryl methyl sites for hydroxylation is 1. The predicted molar refractivity (Wildman–Crippen MR) is 91.9 cm³/mol. The van der Waals surface area contributed by atoms with Gasteiger partial charge in [0, 0.05) is 25.0 Å². The van der Waals surface area contributed by atoms with Crippen LogP contribution in [0, 0.1) is 6.92 Å². The van der Waals surface area contributed by atoms with E-state index in [4.69, 9.17) is 0 Å². The molecule has 2 aromatic heterocycles. The maximum atomic E-state index is 12.8. The molecule has 4 rings (SSSR count). The number of hydrogen-bond donors (Lipinski definition) is 1. The first-order valence-corrected chi connectivity index (χ1v) is 8.71. The smallest absolute Gasteiger partial charge is 0.255 e. The van der Waals surface area contributed by atoms with Crippen LogP contribution in [0.5, 0.6) is 0 Å². The number of carbonyl (C=O) groups is 1. The van der Waals surface area contributed by atoms with Crippen LogP contribution < -0.4 is 5.32 Å². The number of amides is 1. The maximum absolute atomic E-state index is 12.8. The highest BCUT2D eigenvalue weighted by molar-refractivity contribution is 5.94. The van der Waals surface area contributed by atoms with Gasteiger partial charge in [0.15, 0.2) is 0 Å². The Hall–Kier alpha value is -2.37. The SMILES string of the molecule is Cc1cnn(C[C@@H]2CCCN2C(=O)c2ccc(NC3CC3)nc2)c1. The summed E-state index contributed by atoms with van der Waals surface area (Å²) in [6, 6.07) is 4.57. The summed E-state index contributed by atoms with van der Waals surface area (Å²) >= 11 is 0. The highest BCUT2D eigenvalue weighted by Crippen LogP contribution is 2.24. The average molecular weight is 325 g/mol. The summed E-state index contributed by atoms with van der Waals surface area (Å²) in [6.45, 7) is 3.60. The van der Waals surface area contributed by atoms with Crippen molar-refractivity contribution < 1.29 is 4.79 Å². The predicted octanol–water partition coefficient (Wildman–Crippen LogP) is 2.47. The monoisotopic (exact) mass is 325 g/mol. The van der Waals surface area contributed by atoms with Gasteiger partial charge in [0.2, 0.25) is 0 Å². The van der Waals surface area contributed by atoms with E-state index in [2.05, 4.69) is 15.4 Å². The molecule has 6 heteroatoms. The summed E-state index contributed by atoms with van der Waals surface area (Å²) in [5.41, 5.74) is 1.81. The normalized spacial score (nSPS) is 20.4. The molecule has 0 aromatic carbocycles. The molecular weight excluding hydrogens is 302 g/mol. The zero-order valence-corrected chi connectivity index (χ0v) is 14.0. The van der Waals surface area contributed by atoms with Crippen LogP contribution in [0.4, 0.5) is 5.82 Å². The minimum atomic E-state index is 0.0758. The number of nitrogens with zero attached hydrogens (tertiary/aromatic N) is 4. The van der Waals surface area contributed by atoms with Crippen molar-refractivity contribution in [2.75, 3.05) is 11.9 Å². The number of pyridine rings is 1. The number of likely N-dealkylation sites (tertiary alicyclic amines) is 1. The molecule has 3 heterocycles. The van der Waals surface area contributed by atoms with Gasteiger partial charge in [-0.05, 0) is 50.3 Å². The first kappa shape index (κ1) is 15.2. The molecule has 126 valence electrons. The van der Waals surface area contributed by atoms with E-state index in [1.807, 2.05) is 41.0 Å². The third kappa shape index (κ3) is 3.27. The molecule has 1 N–H and O–H groups in total. The van der Waals surface area contributed by atoms with Gasteiger partial charge in [0.1, 0.15) is 5.82 Å². The second-order valence-electron chi connectivity index (χ2n) is 6.89. The molecule has 2 aliphatic rings. The minimum absolute atomic E-state index is 0.0758. The van der Waals surface area contributed by atoms with E-state index in [0.29, 0.717) is 11.6 Å². The fourth-order valence-electron chi connectivity index (χ4n) is 3.28. The molecule has 0 bridgehead atoms. The van der Waals surface area contributed by atoms with Gasteiger partial charge in [-0.25, -0.2) is 4.98 Å². The van der Waals surface area contributed by atoms with Crippen molar-refractivity contribution in [2.24, 2.45) is 0 Å². The zero-order valence-electron chi connectivity index (χ0n) is 14.0. The van der Waals surface area contributed by atoms with Crippen molar-refractivity contribution in [1.29, 1.82) is 0 Å². The molecule has 1 saturated carbocycles. The second kappa shape index (κ2) is 6.26. The highest BCUT2D eigenvalue weighted by atomic mass is 16.2. The molecule has 1 atom stereocenters. The van der Waals surface area contributed by atoms with E-state index in [1.165, 1.54) is 12.8 Å². The highest BCUT2D eigenvalue weighted by Gasteiger charge is 2.30. The van der Waals surface area contributed by atoms with Gasteiger partial charge in [0.25, 0.3) is 5.91 Å². The summed E-state index contributed by atoms with van der Waals surface area (Å²) in [7, 11) is 0. The number of nitrogens with one attached hydrogen (secondary N) is 1. The number of carbonyl (C=O) groups excluding carboxylic acids is 1. The Balaban J connectivity index is 1.43. The van der Waals surface area contributed by atoms with Crippen LogP contribution in [-0.2, 0) is 6.54 Å². The van der Waals surface area contributed by atoms with E-state index < -0.39 is 0 Å². The molecule has 1 aliphatic carbocycles. The van der Waals surface area contributed by atoms with Crippen molar-refractivity contribution in [3.05, 3.63) is 41.9 Å². The minimum Gasteiger partial charge on any atom is -0.367 e. The van der Waals surface area contributed by atoms with Crippen LogP contribution in [0.1, 0.15) is 41.6 Å². The zero-order chi connectivity index (χ0) is 16.5. The van der Waals surface area contributed by atoms with E-state index in [9.17, 15) is 4.79 Å². The Bertz CT molecular complexity index is 719. The Morgan fingerprint density at radius 2 is 2.17 bits per heavy atom. The Labute approximate surface area is 141 Å². The lowest BCUT2D eigenvalue weighted by Gasteiger charge is -2.24. The number of rotatable bonds is 5. The summed E-state index contributed by atoms with van der Waals surface area (Å²) in [5.74, 6) is 0.936. The number of hydrogen-bond acceptors (Lipinski definition) is 4. The molecule has 1 aliphatic heterocycles. The molecule has 1 amide bonds. The third-order valence-electron chi connectivity index (χ3n) is 4.74. The molecule has 0 unspecified atom stereocenters. The molecule has 6 nitrogen and oxygen atoms in total. The molecule has 2 aromatic rings.